The molecule has 7 nitrogen and oxygen atoms in total. The summed E-state index contributed by atoms with van der Waals surface area (Å²) in [4.78, 5) is 29.2. The smallest absolute Gasteiger partial charge is 0.244 e. The Labute approximate surface area is 254 Å². The second-order valence-corrected chi connectivity index (χ2v) is 13.3. The summed E-state index contributed by atoms with van der Waals surface area (Å²) in [6.45, 7) is 3.40. The first-order chi connectivity index (χ1) is 18.9. The minimum absolute atomic E-state index is 0.0887. The summed E-state index contributed by atoms with van der Waals surface area (Å²) in [5.74, 6) is -0.870. The lowest BCUT2D eigenvalue weighted by Gasteiger charge is -2.34. The molecule has 0 heterocycles. The van der Waals surface area contributed by atoms with Crippen LogP contribution in [0.1, 0.15) is 31.4 Å². The molecule has 0 aliphatic heterocycles. The van der Waals surface area contributed by atoms with Crippen LogP contribution in [0.5, 0.6) is 0 Å². The number of sulfonamides is 1. The maximum absolute atomic E-state index is 14.1. The third-order valence-corrected chi connectivity index (χ3v) is 8.46. The van der Waals surface area contributed by atoms with Crippen LogP contribution in [0.15, 0.2) is 77.3 Å². The summed E-state index contributed by atoms with van der Waals surface area (Å²) in [6.07, 6.45) is 1.96. The molecule has 0 aliphatic rings. The van der Waals surface area contributed by atoms with Crippen molar-refractivity contribution in [2.24, 2.45) is 0 Å². The lowest BCUT2D eigenvalue weighted by Crippen LogP contribution is -2.54. The topological polar surface area (TPSA) is 86.8 Å². The molecular formula is C29H32BrCl2N3O4S. The molecule has 11 heteroatoms. The molecule has 0 bridgehead atoms. The summed E-state index contributed by atoms with van der Waals surface area (Å²) in [5, 5.41) is 3.46. The Morgan fingerprint density at radius 2 is 1.55 bits per heavy atom. The maximum atomic E-state index is 14.1. The van der Waals surface area contributed by atoms with E-state index in [4.69, 9.17) is 23.2 Å². The van der Waals surface area contributed by atoms with Crippen LogP contribution in [0.2, 0.25) is 10.0 Å². The Bertz CT molecular complexity index is 1400. The zero-order valence-electron chi connectivity index (χ0n) is 22.5. The fraction of sp³-hybridized carbons (Fsp3) is 0.310. The molecule has 1 N–H and O–H groups in total. The molecule has 0 aromatic heterocycles. The van der Waals surface area contributed by atoms with Crippen molar-refractivity contribution in [2.75, 3.05) is 17.1 Å². The largest absolute Gasteiger partial charge is 0.352 e. The number of nitrogens with zero attached hydrogens (tertiary/aromatic N) is 2. The molecule has 0 radical (unpaired) electrons. The molecule has 2 atom stereocenters. The Kier molecular flexibility index (Phi) is 11.5. The lowest BCUT2D eigenvalue weighted by atomic mass is 10.0. The van der Waals surface area contributed by atoms with Crippen LogP contribution in [-0.2, 0) is 32.6 Å². The molecular weight excluding hydrogens is 637 g/mol. The summed E-state index contributed by atoms with van der Waals surface area (Å²) >= 11 is 15.7. The van der Waals surface area contributed by atoms with Gasteiger partial charge >= 0.3 is 0 Å². The van der Waals surface area contributed by atoms with E-state index in [2.05, 4.69) is 21.2 Å². The van der Waals surface area contributed by atoms with Gasteiger partial charge in [-0.15, -0.1) is 0 Å². The second-order valence-electron chi connectivity index (χ2n) is 9.57. The van der Waals surface area contributed by atoms with Crippen LogP contribution in [0, 0.1) is 0 Å². The van der Waals surface area contributed by atoms with E-state index in [9.17, 15) is 18.0 Å². The number of hydrogen-bond donors (Lipinski definition) is 1. The van der Waals surface area contributed by atoms with E-state index in [1.165, 1.54) is 23.1 Å². The van der Waals surface area contributed by atoms with Gasteiger partial charge in [-0.2, -0.15) is 0 Å². The van der Waals surface area contributed by atoms with Gasteiger partial charge in [-0.1, -0.05) is 88.5 Å². The van der Waals surface area contributed by atoms with Gasteiger partial charge in [0, 0.05) is 33.5 Å². The molecule has 3 aromatic carbocycles. The molecule has 0 unspecified atom stereocenters. The first-order valence-corrected chi connectivity index (χ1v) is 16.1. The second kappa shape index (κ2) is 14.3. The van der Waals surface area contributed by atoms with Gasteiger partial charge in [0.05, 0.1) is 11.9 Å². The zero-order valence-corrected chi connectivity index (χ0v) is 26.4. The number of carbonyl (C=O) groups is 2. The third kappa shape index (κ3) is 9.23. The van der Waals surface area contributed by atoms with Crippen LogP contribution >= 0.6 is 39.1 Å². The number of amides is 2. The summed E-state index contributed by atoms with van der Waals surface area (Å²) < 4.78 is 27.6. The van der Waals surface area contributed by atoms with E-state index in [-0.39, 0.29) is 40.6 Å². The van der Waals surface area contributed by atoms with Crippen LogP contribution in [0.3, 0.4) is 0 Å². The van der Waals surface area contributed by atoms with E-state index in [0.29, 0.717) is 6.42 Å². The van der Waals surface area contributed by atoms with E-state index in [0.717, 1.165) is 26.2 Å². The number of benzene rings is 3. The van der Waals surface area contributed by atoms with Crippen molar-refractivity contribution in [3.63, 3.8) is 0 Å². The highest BCUT2D eigenvalue weighted by molar-refractivity contribution is 9.10. The first kappa shape index (κ1) is 31.9. The Balaban J connectivity index is 2.07. The molecule has 3 rings (SSSR count). The van der Waals surface area contributed by atoms with Crippen molar-refractivity contribution in [1.82, 2.24) is 10.2 Å². The van der Waals surface area contributed by atoms with Crippen LogP contribution in [0.4, 0.5) is 5.69 Å². The Morgan fingerprint density at radius 3 is 2.10 bits per heavy atom. The predicted molar refractivity (Wildman–Crippen MR) is 165 cm³/mol. The van der Waals surface area contributed by atoms with Crippen LogP contribution < -0.4 is 9.62 Å². The lowest BCUT2D eigenvalue weighted by molar-refractivity contribution is -0.140. The number of rotatable bonds is 12. The molecule has 3 aromatic rings. The van der Waals surface area contributed by atoms with E-state index >= 15 is 0 Å². The molecule has 2 amide bonds. The fourth-order valence-electron chi connectivity index (χ4n) is 4.08. The fourth-order valence-corrected chi connectivity index (χ4v) is 5.69. The van der Waals surface area contributed by atoms with Crippen LogP contribution in [0.25, 0.3) is 0 Å². The van der Waals surface area contributed by atoms with Gasteiger partial charge in [0.2, 0.25) is 21.8 Å². The quantitative estimate of drug-likeness (QED) is 0.254. The number of hydrogen-bond acceptors (Lipinski definition) is 4. The van der Waals surface area contributed by atoms with Gasteiger partial charge in [-0.25, -0.2) is 8.42 Å². The molecule has 0 spiro atoms. The molecule has 0 aliphatic carbocycles. The van der Waals surface area contributed by atoms with Crippen molar-refractivity contribution < 1.29 is 18.0 Å². The molecule has 0 saturated heterocycles. The number of nitrogens with one attached hydrogen (secondary N) is 1. The monoisotopic (exact) mass is 667 g/mol. The number of halogens is 3. The summed E-state index contributed by atoms with van der Waals surface area (Å²) in [5.41, 5.74) is 1.80. The molecule has 0 fully saturated rings. The van der Waals surface area contributed by atoms with Crippen molar-refractivity contribution in [2.45, 2.75) is 45.3 Å². The van der Waals surface area contributed by atoms with Gasteiger partial charge in [0.1, 0.15) is 12.6 Å². The molecule has 214 valence electrons. The van der Waals surface area contributed by atoms with Crippen molar-refractivity contribution in [3.8, 4) is 0 Å². The van der Waals surface area contributed by atoms with E-state index < -0.39 is 28.5 Å². The third-order valence-electron chi connectivity index (χ3n) is 6.35. The van der Waals surface area contributed by atoms with E-state index in [1.54, 1.807) is 0 Å². The highest BCUT2D eigenvalue weighted by Crippen LogP contribution is 2.27. The zero-order chi connectivity index (χ0) is 29.4. The van der Waals surface area contributed by atoms with Gasteiger partial charge in [-0.3, -0.25) is 13.9 Å². The van der Waals surface area contributed by atoms with Crippen molar-refractivity contribution >= 4 is 66.7 Å². The average molecular weight is 669 g/mol. The van der Waals surface area contributed by atoms with Gasteiger partial charge in [0.15, 0.2) is 0 Å². The van der Waals surface area contributed by atoms with E-state index in [1.807, 2.05) is 68.4 Å². The Hall–Kier alpha value is -2.59. The van der Waals surface area contributed by atoms with Crippen molar-refractivity contribution in [3.05, 3.63) is 98.4 Å². The van der Waals surface area contributed by atoms with Gasteiger partial charge in [0.25, 0.3) is 0 Å². The molecule has 0 saturated carbocycles. The van der Waals surface area contributed by atoms with Gasteiger partial charge < -0.3 is 10.2 Å². The highest BCUT2D eigenvalue weighted by Gasteiger charge is 2.33. The SMILES string of the molecule is CC[C@H](C)NC(=O)[C@@H](Cc1ccccc1)N(Cc1ccc(Br)cc1)C(=O)CN(c1cc(Cl)cc(Cl)c1)S(C)(=O)=O. The summed E-state index contributed by atoms with van der Waals surface area (Å²) in [6, 6.07) is 20.1. The number of anilines is 1. The molecule has 40 heavy (non-hydrogen) atoms. The average Bonchev–Trinajstić information content (AvgIpc) is 2.89. The van der Waals surface area contributed by atoms with Crippen molar-refractivity contribution in [1.29, 1.82) is 0 Å². The Morgan fingerprint density at radius 1 is 0.950 bits per heavy atom. The number of carbonyl (C=O) groups excluding carboxylic acids is 2. The summed E-state index contributed by atoms with van der Waals surface area (Å²) in [7, 11) is -3.92. The minimum Gasteiger partial charge on any atom is -0.352 e. The standard InChI is InChI=1S/C29H32BrCl2N3O4S/c1-4-20(2)33-29(37)27(14-21-8-6-5-7-9-21)34(18-22-10-12-23(30)13-11-22)28(36)19-35(40(3,38)39)26-16-24(31)15-25(32)17-26/h5-13,15-17,20,27H,4,14,18-19H2,1-3H3,(H,33,37)/t20-,27+/m0/s1. The minimum atomic E-state index is -3.92. The normalized spacial score (nSPS) is 12.8. The van der Waals surface area contributed by atoms with Gasteiger partial charge in [-0.05, 0) is 54.8 Å². The highest BCUT2D eigenvalue weighted by atomic mass is 79.9. The maximum Gasteiger partial charge on any atom is 0.244 e. The predicted octanol–water partition coefficient (Wildman–Crippen LogP) is 6.08. The first-order valence-electron chi connectivity index (χ1n) is 12.7. The van der Waals surface area contributed by atoms with Crippen LogP contribution in [-0.4, -0.2) is 50.0 Å².